The number of hydrogen-bond acceptors (Lipinski definition) is 3. The van der Waals surface area contributed by atoms with Gasteiger partial charge in [-0.2, -0.15) is 5.26 Å². The predicted octanol–water partition coefficient (Wildman–Crippen LogP) is 6.61. The summed E-state index contributed by atoms with van der Waals surface area (Å²) >= 11 is 0. The first-order valence-electron chi connectivity index (χ1n) is 12.0. The van der Waals surface area contributed by atoms with Crippen LogP contribution in [-0.4, -0.2) is 21.8 Å². The van der Waals surface area contributed by atoms with Crippen LogP contribution in [0.2, 0.25) is 0 Å². The second-order valence-electron chi connectivity index (χ2n) is 9.17. The molecule has 5 heteroatoms. The van der Waals surface area contributed by atoms with E-state index in [1.807, 2.05) is 41.3 Å². The number of aromatic nitrogens is 1. The summed E-state index contributed by atoms with van der Waals surface area (Å²) in [6.45, 7) is 0.540. The molecule has 174 valence electrons. The molecule has 1 fully saturated rings. The van der Waals surface area contributed by atoms with Crippen LogP contribution in [0.25, 0.3) is 10.9 Å². The van der Waals surface area contributed by atoms with E-state index in [0.29, 0.717) is 23.6 Å². The highest BCUT2D eigenvalue weighted by Crippen LogP contribution is 2.38. The minimum Gasteiger partial charge on any atom is -0.331 e. The molecule has 4 aromatic rings. The smallest absolute Gasteiger partial charge is 0.254 e. The maximum absolute atomic E-state index is 14.0. The summed E-state index contributed by atoms with van der Waals surface area (Å²) in [5, 5.41) is 9.99. The van der Waals surface area contributed by atoms with Crippen molar-refractivity contribution in [1.29, 1.82) is 5.26 Å². The zero-order chi connectivity index (χ0) is 24.2. The van der Waals surface area contributed by atoms with E-state index in [1.165, 1.54) is 6.07 Å². The summed E-state index contributed by atoms with van der Waals surface area (Å²) in [6, 6.07) is 25.9. The third kappa shape index (κ3) is 4.93. The Hall–Kier alpha value is -4.04. The van der Waals surface area contributed by atoms with Gasteiger partial charge in [0.25, 0.3) is 5.91 Å². The lowest BCUT2D eigenvalue weighted by Crippen LogP contribution is -2.41. The van der Waals surface area contributed by atoms with Crippen LogP contribution in [-0.2, 0) is 6.54 Å². The monoisotopic (exact) mass is 463 g/mol. The molecule has 35 heavy (non-hydrogen) atoms. The summed E-state index contributed by atoms with van der Waals surface area (Å²) in [6.07, 6.45) is 5.40. The molecule has 0 unspecified atom stereocenters. The van der Waals surface area contributed by atoms with Gasteiger partial charge < -0.3 is 4.90 Å². The zero-order valence-electron chi connectivity index (χ0n) is 19.4. The number of rotatable bonds is 5. The van der Waals surface area contributed by atoms with E-state index < -0.39 is 0 Å². The van der Waals surface area contributed by atoms with Gasteiger partial charge >= 0.3 is 0 Å². The van der Waals surface area contributed by atoms with Crippen molar-refractivity contribution >= 4 is 16.8 Å². The van der Waals surface area contributed by atoms with Crippen LogP contribution in [0.1, 0.15) is 58.6 Å². The van der Waals surface area contributed by atoms with Crippen molar-refractivity contribution in [2.75, 3.05) is 0 Å². The maximum Gasteiger partial charge on any atom is 0.254 e. The van der Waals surface area contributed by atoms with E-state index in [9.17, 15) is 9.18 Å². The van der Waals surface area contributed by atoms with E-state index >= 15 is 0 Å². The first-order valence-corrected chi connectivity index (χ1v) is 12.0. The van der Waals surface area contributed by atoms with Crippen LogP contribution in [0.3, 0.4) is 0 Å². The van der Waals surface area contributed by atoms with Crippen molar-refractivity contribution in [1.82, 2.24) is 9.88 Å². The lowest BCUT2D eigenvalue weighted by molar-refractivity contribution is 0.0606. The van der Waals surface area contributed by atoms with Gasteiger partial charge in [-0.25, -0.2) is 4.39 Å². The van der Waals surface area contributed by atoms with Crippen molar-refractivity contribution < 1.29 is 9.18 Å². The quantitative estimate of drug-likeness (QED) is 0.334. The lowest BCUT2D eigenvalue weighted by Gasteiger charge is -2.37. The van der Waals surface area contributed by atoms with Crippen molar-refractivity contribution in [3.8, 4) is 6.07 Å². The van der Waals surface area contributed by atoms with Crippen molar-refractivity contribution in [3.05, 3.63) is 113 Å². The van der Waals surface area contributed by atoms with Crippen LogP contribution in [0.5, 0.6) is 0 Å². The molecule has 0 atom stereocenters. The number of benzene rings is 3. The molecule has 0 aliphatic heterocycles. The highest BCUT2D eigenvalue weighted by atomic mass is 19.1. The normalized spacial score (nSPS) is 17.6. The summed E-state index contributed by atoms with van der Waals surface area (Å²) < 4.78 is 14.0. The summed E-state index contributed by atoms with van der Waals surface area (Å²) in [5.41, 5.74) is 4.18. The molecular formula is C30H26FN3O. The van der Waals surface area contributed by atoms with Gasteiger partial charge in [-0.05, 0) is 91.3 Å². The third-order valence-electron chi connectivity index (χ3n) is 7.03. The fourth-order valence-electron chi connectivity index (χ4n) is 5.19. The number of carbonyl (C=O) groups excluding carboxylic acids is 1. The molecule has 1 aliphatic rings. The maximum atomic E-state index is 14.0. The van der Waals surface area contributed by atoms with Crippen LogP contribution in [0, 0.1) is 17.1 Å². The van der Waals surface area contributed by atoms with Gasteiger partial charge in [-0.1, -0.05) is 30.3 Å². The number of pyridine rings is 1. The molecule has 0 spiro atoms. The second-order valence-corrected chi connectivity index (χ2v) is 9.17. The molecule has 1 heterocycles. The van der Waals surface area contributed by atoms with E-state index in [2.05, 4.69) is 11.1 Å². The van der Waals surface area contributed by atoms with Crippen molar-refractivity contribution in [3.63, 3.8) is 0 Å². The average Bonchev–Trinajstić information content (AvgIpc) is 2.92. The van der Waals surface area contributed by atoms with Gasteiger partial charge in [-0.3, -0.25) is 9.78 Å². The number of halogens is 1. The van der Waals surface area contributed by atoms with Crippen LogP contribution in [0.15, 0.2) is 85.1 Å². The molecule has 1 aromatic heterocycles. The predicted molar refractivity (Wildman–Crippen MR) is 134 cm³/mol. The van der Waals surface area contributed by atoms with Gasteiger partial charge in [0.15, 0.2) is 0 Å². The Labute approximate surface area is 204 Å². The molecule has 1 aliphatic carbocycles. The Balaban J connectivity index is 1.38. The number of fused-ring (bicyclic) bond motifs is 1. The number of hydrogen-bond donors (Lipinski definition) is 0. The molecule has 4 nitrogen and oxygen atoms in total. The Morgan fingerprint density at radius 2 is 1.71 bits per heavy atom. The third-order valence-corrected chi connectivity index (χ3v) is 7.03. The molecule has 3 aromatic carbocycles. The number of nitriles is 1. The van der Waals surface area contributed by atoms with Gasteiger partial charge in [0.05, 0.1) is 17.1 Å². The first kappa shape index (κ1) is 22.7. The van der Waals surface area contributed by atoms with E-state index in [0.717, 1.165) is 47.7 Å². The molecular weight excluding hydrogens is 437 g/mol. The van der Waals surface area contributed by atoms with E-state index in [4.69, 9.17) is 5.26 Å². The average molecular weight is 464 g/mol. The van der Waals surface area contributed by atoms with E-state index in [-0.39, 0.29) is 17.8 Å². The summed E-state index contributed by atoms with van der Waals surface area (Å²) in [5.74, 6) is 0.0443. The van der Waals surface area contributed by atoms with Gasteiger partial charge in [-0.15, -0.1) is 0 Å². The molecule has 0 saturated heterocycles. The molecule has 0 N–H and O–H groups in total. The molecule has 1 saturated carbocycles. The summed E-state index contributed by atoms with van der Waals surface area (Å²) in [4.78, 5) is 20.0. The van der Waals surface area contributed by atoms with Crippen LogP contribution in [0.4, 0.5) is 4.39 Å². The highest BCUT2D eigenvalue weighted by Gasteiger charge is 2.31. The Morgan fingerprint density at radius 1 is 0.971 bits per heavy atom. The van der Waals surface area contributed by atoms with Gasteiger partial charge in [0, 0.05) is 29.7 Å². The standard InChI is InChI=1S/C30H26FN3O/c31-25-12-15-29-28(18-25)27(16-17-33-29)23-10-13-26(14-11-23)34(20-22-4-2-1-3-5-22)30(35)24-8-6-21(19-32)7-9-24/h1-9,12,15-18,23,26H,10-11,13-14,20H2/t23-,26-. The van der Waals surface area contributed by atoms with Gasteiger partial charge in [0.1, 0.15) is 5.82 Å². The Bertz CT molecular complexity index is 1370. The lowest BCUT2D eigenvalue weighted by atomic mass is 9.80. The van der Waals surface area contributed by atoms with Crippen molar-refractivity contribution in [2.24, 2.45) is 0 Å². The number of carbonyl (C=O) groups is 1. The fourth-order valence-corrected chi connectivity index (χ4v) is 5.19. The van der Waals surface area contributed by atoms with Gasteiger partial charge in [0.2, 0.25) is 0 Å². The first-order chi connectivity index (χ1) is 17.1. The molecule has 5 rings (SSSR count). The Kier molecular flexibility index (Phi) is 6.54. The zero-order valence-corrected chi connectivity index (χ0v) is 19.4. The molecule has 1 amide bonds. The summed E-state index contributed by atoms with van der Waals surface area (Å²) in [7, 11) is 0. The fraction of sp³-hybridized carbons (Fsp3) is 0.233. The molecule has 0 bridgehead atoms. The van der Waals surface area contributed by atoms with Crippen LogP contribution < -0.4 is 0 Å². The highest BCUT2D eigenvalue weighted by molar-refractivity contribution is 5.94. The minimum absolute atomic E-state index is 0.0155. The second kappa shape index (κ2) is 10.1. The van der Waals surface area contributed by atoms with E-state index in [1.54, 1.807) is 42.6 Å². The molecule has 0 radical (unpaired) electrons. The Morgan fingerprint density at radius 3 is 2.43 bits per heavy atom. The largest absolute Gasteiger partial charge is 0.331 e. The van der Waals surface area contributed by atoms with Crippen LogP contribution >= 0.6 is 0 Å². The minimum atomic E-state index is -0.248. The number of nitrogens with zero attached hydrogens (tertiary/aromatic N) is 3. The number of amides is 1. The van der Waals surface area contributed by atoms with Crippen molar-refractivity contribution in [2.45, 2.75) is 44.2 Å². The topological polar surface area (TPSA) is 57.0 Å². The SMILES string of the molecule is N#Cc1ccc(C(=O)N(Cc2ccccc2)[C@H]2CC[C@H](c3ccnc4ccc(F)cc43)CC2)cc1.